The minimum atomic E-state index is 0.353. The number of hydrogen-bond acceptors (Lipinski definition) is 3. The zero-order valence-electron chi connectivity index (χ0n) is 5.28. The SMILES string of the molecule is Nc1ccccc1OC=O. The first kappa shape index (κ1) is 6.61. The van der Waals surface area contributed by atoms with E-state index in [1.807, 2.05) is 0 Å². The van der Waals surface area contributed by atoms with E-state index in [2.05, 4.69) is 4.74 Å². The van der Waals surface area contributed by atoms with Gasteiger partial charge in [-0.15, -0.1) is 0 Å². The maximum absolute atomic E-state index is 9.85. The molecule has 1 aromatic carbocycles. The summed E-state index contributed by atoms with van der Waals surface area (Å²) in [5.41, 5.74) is 5.89. The number of carbonyl (C=O) groups is 1. The fourth-order valence-corrected chi connectivity index (χ4v) is 0.640. The van der Waals surface area contributed by atoms with Gasteiger partial charge in [-0.3, -0.25) is 4.79 Å². The average molecular weight is 137 g/mol. The molecule has 0 amide bonds. The summed E-state index contributed by atoms with van der Waals surface area (Å²) in [5.74, 6) is 0.400. The first-order valence-electron chi connectivity index (χ1n) is 2.79. The number of nitrogen functional groups attached to an aromatic ring is 1. The van der Waals surface area contributed by atoms with Crippen LogP contribution >= 0.6 is 0 Å². The van der Waals surface area contributed by atoms with Gasteiger partial charge in [-0.25, -0.2) is 0 Å². The Labute approximate surface area is 58.4 Å². The van der Waals surface area contributed by atoms with E-state index in [1.165, 1.54) is 0 Å². The lowest BCUT2D eigenvalue weighted by atomic mass is 10.3. The molecule has 2 N–H and O–H groups in total. The van der Waals surface area contributed by atoms with E-state index < -0.39 is 0 Å². The van der Waals surface area contributed by atoms with Gasteiger partial charge in [0.15, 0.2) is 5.75 Å². The minimum Gasteiger partial charge on any atom is -0.427 e. The molecule has 0 saturated heterocycles. The van der Waals surface area contributed by atoms with Crippen LogP contribution in [-0.2, 0) is 4.79 Å². The fourth-order valence-electron chi connectivity index (χ4n) is 0.640. The van der Waals surface area contributed by atoms with Crippen molar-refractivity contribution in [2.24, 2.45) is 0 Å². The monoisotopic (exact) mass is 137 g/mol. The predicted octanol–water partition coefficient (Wildman–Crippen LogP) is 0.804. The number of hydrogen-bond donors (Lipinski definition) is 1. The number of para-hydroxylation sites is 2. The lowest BCUT2D eigenvalue weighted by Gasteiger charge is -1.99. The Hall–Kier alpha value is -1.51. The van der Waals surface area contributed by atoms with Gasteiger partial charge in [0.25, 0.3) is 6.47 Å². The van der Waals surface area contributed by atoms with Crippen molar-refractivity contribution in [2.45, 2.75) is 0 Å². The van der Waals surface area contributed by atoms with Crippen molar-refractivity contribution in [3.05, 3.63) is 24.3 Å². The second-order valence-corrected chi connectivity index (χ2v) is 1.75. The topological polar surface area (TPSA) is 52.3 Å². The lowest BCUT2D eigenvalue weighted by molar-refractivity contribution is -0.120. The third kappa shape index (κ3) is 1.25. The van der Waals surface area contributed by atoms with E-state index in [1.54, 1.807) is 24.3 Å². The standard InChI is InChI=1S/C7H7NO2/c8-6-3-1-2-4-7(6)10-5-9/h1-5H,8H2. The van der Waals surface area contributed by atoms with Crippen LogP contribution in [-0.4, -0.2) is 6.47 Å². The zero-order valence-corrected chi connectivity index (χ0v) is 5.28. The quantitative estimate of drug-likeness (QED) is 0.484. The van der Waals surface area contributed by atoms with Gasteiger partial charge < -0.3 is 10.5 Å². The Morgan fingerprint density at radius 3 is 2.70 bits per heavy atom. The minimum absolute atomic E-state index is 0.353. The van der Waals surface area contributed by atoms with Crippen LogP contribution in [0.4, 0.5) is 5.69 Å². The van der Waals surface area contributed by atoms with Gasteiger partial charge in [0, 0.05) is 0 Å². The van der Waals surface area contributed by atoms with Crippen LogP contribution in [0.2, 0.25) is 0 Å². The maximum atomic E-state index is 9.85. The first-order chi connectivity index (χ1) is 4.84. The largest absolute Gasteiger partial charge is 0.427 e. The summed E-state index contributed by atoms with van der Waals surface area (Å²) in [7, 11) is 0. The molecule has 0 atom stereocenters. The molecule has 0 spiro atoms. The number of ether oxygens (including phenoxy) is 1. The van der Waals surface area contributed by atoms with Crippen LogP contribution in [0.15, 0.2) is 24.3 Å². The van der Waals surface area contributed by atoms with Crippen molar-refractivity contribution in [3.8, 4) is 5.75 Å². The van der Waals surface area contributed by atoms with Crippen LogP contribution < -0.4 is 10.5 Å². The summed E-state index contributed by atoms with van der Waals surface area (Å²) in [6.07, 6.45) is 0. The number of benzene rings is 1. The molecule has 0 radical (unpaired) electrons. The van der Waals surface area contributed by atoms with Crippen LogP contribution in [0.3, 0.4) is 0 Å². The van der Waals surface area contributed by atoms with Crippen molar-refractivity contribution >= 4 is 12.2 Å². The van der Waals surface area contributed by atoms with Crippen molar-refractivity contribution in [1.29, 1.82) is 0 Å². The molecule has 10 heavy (non-hydrogen) atoms. The van der Waals surface area contributed by atoms with Crippen LogP contribution in [0.25, 0.3) is 0 Å². The molecule has 1 rings (SSSR count). The summed E-state index contributed by atoms with van der Waals surface area (Å²) >= 11 is 0. The van der Waals surface area contributed by atoms with Gasteiger partial charge in [-0.2, -0.15) is 0 Å². The second-order valence-electron chi connectivity index (χ2n) is 1.75. The van der Waals surface area contributed by atoms with E-state index in [4.69, 9.17) is 5.73 Å². The maximum Gasteiger partial charge on any atom is 0.298 e. The van der Waals surface area contributed by atoms with Crippen molar-refractivity contribution in [2.75, 3.05) is 5.73 Å². The molecular formula is C7H7NO2. The molecule has 0 aliphatic carbocycles. The number of anilines is 1. The highest BCUT2D eigenvalue weighted by Gasteiger charge is 1.94. The molecule has 0 saturated carbocycles. The molecule has 0 aromatic heterocycles. The lowest BCUT2D eigenvalue weighted by Crippen LogP contribution is -1.93. The van der Waals surface area contributed by atoms with E-state index in [9.17, 15) is 4.79 Å². The highest BCUT2D eigenvalue weighted by Crippen LogP contribution is 2.18. The van der Waals surface area contributed by atoms with Crippen molar-refractivity contribution in [1.82, 2.24) is 0 Å². The molecular weight excluding hydrogens is 130 g/mol. The molecule has 0 heterocycles. The highest BCUT2D eigenvalue weighted by atomic mass is 16.5. The molecule has 0 bridgehead atoms. The normalized spacial score (nSPS) is 8.80. The zero-order chi connectivity index (χ0) is 7.40. The van der Waals surface area contributed by atoms with E-state index in [0.29, 0.717) is 17.9 Å². The Morgan fingerprint density at radius 2 is 2.10 bits per heavy atom. The van der Waals surface area contributed by atoms with Gasteiger partial charge in [0.05, 0.1) is 5.69 Å². The van der Waals surface area contributed by atoms with Gasteiger partial charge in [-0.05, 0) is 12.1 Å². The third-order valence-electron chi connectivity index (χ3n) is 1.09. The van der Waals surface area contributed by atoms with Crippen LogP contribution in [0.1, 0.15) is 0 Å². The number of rotatable bonds is 2. The van der Waals surface area contributed by atoms with Gasteiger partial charge in [0.1, 0.15) is 0 Å². The smallest absolute Gasteiger partial charge is 0.298 e. The molecule has 0 unspecified atom stereocenters. The molecule has 0 aliphatic rings. The Kier molecular flexibility index (Phi) is 1.89. The van der Waals surface area contributed by atoms with E-state index >= 15 is 0 Å². The van der Waals surface area contributed by atoms with Crippen molar-refractivity contribution < 1.29 is 9.53 Å². The Morgan fingerprint density at radius 1 is 1.40 bits per heavy atom. The second kappa shape index (κ2) is 2.87. The average Bonchev–Trinajstić information content (AvgIpc) is 1.94. The number of nitrogens with two attached hydrogens (primary N) is 1. The fraction of sp³-hybridized carbons (Fsp3) is 0. The summed E-state index contributed by atoms with van der Waals surface area (Å²) < 4.78 is 4.53. The Balaban J connectivity index is 2.91. The summed E-state index contributed by atoms with van der Waals surface area (Å²) in [4.78, 5) is 9.85. The molecule has 3 nitrogen and oxygen atoms in total. The summed E-state index contributed by atoms with van der Waals surface area (Å²) in [5, 5.41) is 0. The van der Waals surface area contributed by atoms with Gasteiger partial charge >= 0.3 is 0 Å². The molecule has 52 valence electrons. The Bertz CT molecular complexity index is 235. The summed E-state index contributed by atoms with van der Waals surface area (Å²) in [6, 6.07) is 6.81. The predicted molar refractivity (Wildman–Crippen MR) is 37.5 cm³/mol. The molecule has 1 aromatic rings. The van der Waals surface area contributed by atoms with Gasteiger partial charge in [0.2, 0.25) is 0 Å². The van der Waals surface area contributed by atoms with Crippen molar-refractivity contribution in [3.63, 3.8) is 0 Å². The highest BCUT2D eigenvalue weighted by molar-refractivity contribution is 5.57. The van der Waals surface area contributed by atoms with Crippen LogP contribution in [0, 0.1) is 0 Å². The van der Waals surface area contributed by atoms with Gasteiger partial charge in [-0.1, -0.05) is 12.1 Å². The molecule has 0 aliphatic heterocycles. The van der Waals surface area contributed by atoms with E-state index in [0.717, 1.165) is 0 Å². The number of carbonyl (C=O) groups excluding carboxylic acids is 1. The summed E-state index contributed by atoms with van der Waals surface area (Å²) in [6.45, 7) is 0.353. The molecule has 3 heteroatoms. The van der Waals surface area contributed by atoms with Crippen LogP contribution in [0.5, 0.6) is 5.75 Å². The molecule has 0 fully saturated rings. The van der Waals surface area contributed by atoms with E-state index in [-0.39, 0.29) is 0 Å². The third-order valence-corrected chi connectivity index (χ3v) is 1.09. The first-order valence-corrected chi connectivity index (χ1v) is 2.79.